The summed E-state index contributed by atoms with van der Waals surface area (Å²) in [5.41, 5.74) is 1.40. The number of allylic oxidation sites excluding steroid dienone is 3. The first-order chi connectivity index (χ1) is 16.6. The van der Waals surface area contributed by atoms with Gasteiger partial charge in [0.15, 0.2) is 11.6 Å². The second-order valence-corrected chi connectivity index (χ2v) is 8.57. The van der Waals surface area contributed by atoms with Crippen LogP contribution in [-0.2, 0) is 0 Å². The summed E-state index contributed by atoms with van der Waals surface area (Å²) in [6.07, 6.45) is 8.94. The third-order valence-corrected chi connectivity index (χ3v) is 6.30. The Labute approximate surface area is 204 Å². The molecule has 2 aromatic rings. The second kappa shape index (κ2) is 11.3. The number of nitrogens with one attached hydrogen (secondary N) is 2. The largest absolute Gasteiger partial charge is 0.494 e. The number of likely N-dealkylation sites (N-methyl/N-ethyl adjacent to an activating group) is 1. The van der Waals surface area contributed by atoms with Gasteiger partial charge in [0.1, 0.15) is 6.61 Å². The van der Waals surface area contributed by atoms with Crippen molar-refractivity contribution in [3.05, 3.63) is 47.8 Å². The first-order valence-corrected chi connectivity index (χ1v) is 11.8. The summed E-state index contributed by atoms with van der Waals surface area (Å²) in [5, 5.41) is 6.36. The summed E-state index contributed by atoms with van der Waals surface area (Å²) in [6, 6.07) is 5.14. The maximum atomic E-state index is 14.2. The Kier molecular flexibility index (Phi) is 8.02. The van der Waals surface area contributed by atoms with E-state index in [1.807, 2.05) is 18.2 Å². The summed E-state index contributed by atoms with van der Waals surface area (Å²) in [6.45, 7) is 5.26. The predicted octanol–water partition coefficient (Wildman–Crippen LogP) is 4.29. The number of anilines is 3. The summed E-state index contributed by atoms with van der Waals surface area (Å²) >= 11 is 5.41. The molecular weight excluding hydrogens is 455 g/mol. The fraction of sp³-hybridized carbons (Fsp3) is 0.417. The van der Waals surface area contributed by atoms with Crippen LogP contribution < -0.4 is 20.1 Å². The minimum absolute atomic E-state index is 0.158. The maximum Gasteiger partial charge on any atom is 0.323 e. The van der Waals surface area contributed by atoms with E-state index in [4.69, 9.17) is 21.7 Å². The number of halogens is 1. The number of nitrogens with zero attached hydrogens (tertiary/aromatic N) is 4. The molecule has 0 saturated carbocycles. The van der Waals surface area contributed by atoms with Gasteiger partial charge in [-0.25, -0.2) is 4.39 Å². The molecule has 1 saturated heterocycles. The Bertz CT molecular complexity index is 1090. The molecule has 1 atom stereocenters. The van der Waals surface area contributed by atoms with Crippen LogP contribution in [0.15, 0.2) is 42.0 Å². The SMILES string of the molecule is CCN1CCCC1CNc1nc(Nc2ccc(OC)c(F)c2)nc(OCC2=CC=CCC2=S)n1. The fourth-order valence-corrected chi connectivity index (χ4v) is 4.26. The number of hydrogen-bond donors (Lipinski definition) is 2. The Balaban J connectivity index is 1.52. The van der Waals surface area contributed by atoms with E-state index in [0.717, 1.165) is 36.4 Å². The van der Waals surface area contributed by atoms with Gasteiger partial charge in [0, 0.05) is 41.2 Å². The number of hydrogen-bond acceptors (Lipinski definition) is 9. The minimum atomic E-state index is -0.483. The zero-order valence-corrected chi connectivity index (χ0v) is 20.2. The normalized spacial score (nSPS) is 18.0. The van der Waals surface area contributed by atoms with Crippen LogP contribution in [-0.4, -0.2) is 64.1 Å². The van der Waals surface area contributed by atoms with Crippen molar-refractivity contribution in [2.24, 2.45) is 0 Å². The number of methoxy groups -OCH3 is 1. The van der Waals surface area contributed by atoms with Gasteiger partial charge < -0.3 is 20.1 Å². The second-order valence-electron chi connectivity index (χ2n) is 8.08. The van der Waals surface area contributed by atoms with E-state index in [1.54, 1.807) is 12.1 Å². The Hall–Kier alpha value is -3.11. The third kappa shape index (κ3) is 6.06. The van der Waals surface area contributed by atoms with E-state index in [0.29, 0.717) is 24.2 Å². The van der Waals surface area contributed by atoms with Crippen molar-refractivity contribution in [1.29, 1.82) is 0 Å². The molecule has 2 heterocycles. The van der Waals surface area contributed by atoms with Gasteiger partial charge in [-0.15, -0.1) is 0 Å². The Morgan fingerprint density at radius 1 is 1.24 bits per heavy atom. The molecule has 8 nitrogen and oxygen atoms in total. The minimum Gasteiger partial charge on any atom is -0.494 e. The highest BCUT2D eigenvalue weighted by atomic mass is 32.1. The lowest BCUT2D eigenvalue weighted by Crippen LogP contribution is -2.35. The lowest BCUT2D eigenvalue weighted by molar-refractivity contribution is 0.276. The number of rotatable bonds is 10. The van der Waals surface area contributed by atoms with E-state index in [1.165, 1.54) is 19.6 Å². The van der Waals surface area contributed by atoms with Gasteiger partial charge in [-0.2, -0.15) is 15.0 Å². The van der Waals surface area contributed by atoms with Crippen LogP contribution >= 0.6 is 12.2 Å². The number of likely N-dealkylation sites (tertiary alicyclic amines) is 1. The molecule has 34 heavy (non-hydrogen) atoms. The summed E-state index contributed by atoms with van der Waals surface area (Å²) < 4.78 is 25.0. The van der Waals surface area contributed by atoms with E-state index in [2.05, 4.69) is 37.4 Å². The lowest BCUT2D eigenvalue weighted by atomic mass is 10.1. The van der Waals surface area contributed by atoms with Gasteiger partial charge in [-0.1, -0.05) is 37.4 Å². The van der Waals surface area contributed by atoms with Crippen molar-refractivity contribution < 1.29 is 13.9 Å². The van der Waals surface area contributed by atoms with Crippen molar-refractivity contribution in [3.63, 3.8) is 0 Å². The number of thiocarbonyl (C=S) groups is 1. The molecule has 1 aliphatic heterocycles. The van der Waals surface area contributed by atoms with Crippen LogP contribution in [0.5, 0.6) is 11.8 Å². The molecule has 180 valence electrons. The highest BCUT2D eigenvalue weighted by Gasteiger charge is 2.23. The van der Waals surface area contributed by atoms with Crippen molar-refractivity contribution >= 4 is 34.7 Å². The van der Waals surface area contributed by atoms with Crippen LogP contribution in [0, 0.1) is 5.82 Å². The summed E-state index contributed by atoms with van der Waals surface area (Å²) in [5.74, 6) is 0.318. The van der Waals surface area contributed by atoms with E-state index in [-0.39, 0.29) is 24.3 Å². The molecule has 0 spiro atoms. The zero-order chi connectivity index (χ0) is 23.9. The van der Waals surface area contributed by atoms with E-state index >= 15 is 0 Å². The number of benzene rings is 1. The molecule has 0 bridgehead atoms. The molecule has 1 unspecified atom stereocenters. The van der Waals surface area contributed by atoms with Gasteiger partial charge in [-0.3, -0.25) is 4.90 Å². The van der Waals surface area contributed by atoms with Gasteiger partial charge in [0.05, 0.1) is 7.11 Å². The molecule has 1 aromatic carbocycles. The van der Waals surface area contributed by atoms with Gasteiger partial charge >= 0.3 is 6.01 Å². The fourth-order valence-electron chi connectivity index (χ4n) is 4.04. The van der Waals surface area contributed by atoms with Crippen molar-refractivity contribution in [1.82, 2.24) is 19.9 Å². The third-order valence-electron chi connectivity index (χ3n) is 5.88. The van der Waals surface area contributed by atoms with Crippen LogP contribution in [0.25, 0.3) is 0 Å². The average molecular weight is 485 g/mol. The smallest absolute Gasteiger partial charge is 0.323 e. The average Bonchev–Trinajstić information content (AvgIpc) is 3.30. The van der Waals surface area contributed by atoms with Crippen molar-refractivity contribution in [2.45, 2.75) is 32.2 Å². The first-order valence-electron chi connectivity index (χ1n) is 11.4. The lowest BCUT2D eigenvalue weighted by Gasteiger charge is -2.23. The van der Waals surface area contributed by atoms with Crippen molar-refractivity contribution in [2.75, 3.05) is 44.0 Å². The molecule has 0 radical (unpaired) electrons. The van der Waals surface area contributed by atoms with Gasteiger partial charge in [0.25, 0.3) is 0 Å². The molecule has 10 heteroatoms. The highest BCUT2D eigenvalue weighted by Crippen LogP contribution is 2.24. The molecule has 1 fully saturated rings. The molecule has 2 aliphatic rings. The van der Waals surface area contributed by atoms with E-state index < -0.39 is 5.82 Å². The van der Waals surface area contributed by atoms with E-state index in [9.17, 15) is 4.39 Å². The maximum absolute atomic E-state index is 14.2. The monoisotopic (exact) mass is 484 g/mol. The van der Waals surface area contributed by atoms with Crippen molar-refractivity contribution in [3.8, 4) is 11.8 Å². The Morgan fingerprint density at radius 2 is 2.09 bits per heavy atom. The predicted molar refractivity (Wildman–Crippen MR) is 135 cm³/mol. The zero-order valence-electron chi connectivity index (χ0n) is 19.4. The highest BCUT2D eigenvalue weighted by molar-refractivity contribution is 7.80. The van der Waals surface area contributed by atoms with Crippen LogP contribution in [0.4, 0.5) is 22.0 Å². The van der Waals surface area contributed by atoms with Gasteiger partial charge in [0.2, 0.25) is 11.9 Å². The van der Waals surface area contributed by atoms with Crippen LogP contribution in [0.1, 0.15) is 26.2 Å². The topological polar surface area (TPSA) is 84.4 Å². The van der Waals surface area contributed by atoms with Crippen LogP contribution in [0.2, 0.25) is 0 Å². The number of ether oxygens (including phenoxy) is 2. The number of aromatic nitrogens is 3. The molecule has 1 aromatic heterocycles. The molecule has 2 N–H and O–H groups in total. The molecular formula is C24H29FN6O2S. The van der Waals surface area contributed by atoms with Crippen LogP contribution in [0.3, 0.4) is 0 Å². The Morgan fingerprint density at radius 3 is 2.85 bits per heavy atom. The summed E-state index contributed by atoms with van der Waals surface area (Å²) in [4.78, 5) is 16.6. The quantitative estimate of drug-likeness (QED) is 0.480. The standard InChI is InChI=1S/C24H29FN6O2S/c1-3-31-12-6-8-18(31)14-26-22-28-23(27-17-10-11-20(32-2)19(25)13-17)30-24(29-22)33-15-16-7-4-5-9-21(16)34/h4-5,7,10-11,13,18H,3,6,8-9,12,14-15H2,1-2H3,(H2,26,27,28,29,30). The van der Waals surface area contributed by atoms with Gasteiger partial charge in [-0.05, 0) is 38.1 Å². The molecule has 4 rings (SSSR count). The molecule has 1 aliphatic carbocycles. The summed E-state index contributed by atoms with van der Waals surface area (Å²) in [7, 11) is 1.42. The first kappa shape index (κ1) is 24.0. The molecule has 0 amide bonds.